The van der Waals surface area contributed by atoms with Gasteiger partial charge in [0.25, 0.3) is 0 Å². The third-order valence-corrected chi connectivity index (χ3v) is 6.84. The third kappa shape index (κ3) is 7.64. The molecule has 0 heterocycles. The monoisotopic (exact) mass is 603 g/mol. The first-order valence-corrected chi connectivity index (χ1v) is 13.4. The Morgan fingerprint density at radius 3 is 1.68 bits per heavy atom. The van der Waals surface area contributed by atoms with Crippen LogP contribution in [-0.2, 0) is 14.3 Å². The van der Waals surface area contributed by atoms with E-state index in [1.807, 2.05) is 72.8 Å². The lowest BCUT2D eigenvalue weighted by molar-refractivity contribution is 0.00846. The van der Waals surface area contributed by atoms with Gasteiger partial charge >= 0.3 is 11.9 Å². The van der Waals surface area contributed by atoms with Gasteiger partial charge in [0, 0.05) is 0 Å². The smallest absolute Gasteiger partial charge is 0.338 e. The van der Waals surface area contributed by atoms with Crippen molar-refractivity contribution in [3.63, 3.8) is 0 Å². The van der Waals surface area contributed by atoms with E-state index in [-0.39, 0.29) is 12.2 Å². The lowest BCUT2D eigenvalue weighted by Crippen LogP contribution is -2.39. The first-order valence-electron chi connectivity index (χ1n) is 12.5. The van der Waals surface area contributed by atoms with Gasteiger partial charge in [-0.15, -0.1) is 0 Å². The molecule has 0 bridgehead atoms. The number of carbonyl (C=O) groups excluding carboxylic acids is 2. The van der Waals surface area contributed by atoms with Gasteiger partial charge < -0.3 is 14.3 Å². The van der Waals surface area contributed by atoms with E-state index >= 15 is 4.39 Å². The van der Waals surface area contributed by atoms with E-state index in [2.05, 4.69) is 25.9 Å². The summed E-state index contributed by atoms with van der Waals surface area (Å²) in [5.74, 6) is -1.32. The van der Waals surface area contributed by atoms with Gasteiger partial charge in [0.2, 0.25) is 0 Å². The normalized spacial score (nSPS) is 13.3. The summed E-state index contributed by atoms with van der Waals surface area (Å²) in [7, 11) is 1.27. The average Bonchev–Trinajstić information content (AvgIpc) is 3.02. The number of carbonyl (C=O) groups is 2. The number of ether oxygens (including phenoxy) is 2. The van der Waals surface area contributed by atoms with Gasteiger partial charge in [-0.3, -0.25) is 0 Å². The molecular formula is C32H27BrFNO5. The van der Waals surface area contributed by atoms with Crippen molar-refractivity contribution in [1.29, 1.82) is 0 Å². The Labute approximate surface area is 240 Å². The minimum Gasteiger partial charge on any atom is -0.461 e. The number of hydrogen-bond donors (Lipinski definition) is 0. The van der Waals surface area contributed by atoms with Crippen molar-refractivity contribution >= 4 is 34.1 Å². The molecule has 0 fully saturated rings. The summed E-state index contributed by atoms with van der Waals surface area (Å²) >= 11 is 3.33. The van der Waals surface area contributed by atoms with Crippen LogP contribution in [0.25, 0.3) is 22.3 Å². The van der Waals surface area contributed by atoms with Gasteiger partial charge in [-0.2, -0.15) is 0 Å². The maximum absolute atomic E-state index is 15.0. The molecular weight excluding hydrogens is 577 g/mol. The molecule has 4 rings (SSSR count). The number of nitrogens with zero attached hydrogens (tertiary/aromatic N) is 1. The van der Waals surface area contributed by atoms with Gasteiger partial charge in [0.15, 0.2) is 12.3 Å². The Bertz CT molecular complexity index is 1410. The van der Waals surface area contributed by atoms with Gasteiger partial charge in [-0.05, 0) is 46.5 Å². The van der Waals surface area contributed by atoms with Crippen LogP contribution in [-0.4, -0.2) is 49.0 Å². The molecule has 3 atom stereocenters. The molecule has 0 spiro atoms. The molecule has 40 heavy (non-hydrogen) atoms. The average molecular weight is 604 g/mol. The highest BCUT2D eigenvalue weighted by atomic mass is 79.9. The Morgan fingerprint density at radius 2 is 1.20 bits per heavy atom. The van der Waals surface area contributed by atoms with Crippen LogP contribution in [0.3, 0.4) is 0 Å². The molecule has 0 aliphatic heterocycles. The van der Waals surface area contributed by atoms with Gasteiger partial charge in [-0.25, -0.2) is 14.0 Å². The molecule has 0 aliphatic rings. The first-order chi connectivity index (χ1) is 19.5. The molecule has 0 saturated carbocycles. The predicted octanol–water partition coefficient (Wildman–Crippen LogP) is 7.14. The van der Waals surface area contributed by atoms with Gasteiger partial charge in [-0.1, -0.05) is 106 Å². The largest absolute Gasteiger partial charge is 0.461 e. The number of halogens is 2. The second-order valence-corrected chi connectivity index (χ2v) is 9.93. The second-order valence-electron chi connectivity index (χ2n) is 8.75. The van der Waals surface area contributed by atoms with E-state index in [0.717, 1.165) is 28.5 Å². The van der Waals surface area contributed by atoms with E-state index in [1.165, 1.54) is 7.11 Å². The maximum atomic E-state index is 15.0. The molecule has 4 aromatic carbocycles. The highest BCUT2D eigenvalue weighted by Crippen LogP contribution is 2.23. The van der Waals surface area contributed by atoms with E-state index in [1.54, 1.807) is 36.4 Å². The molecule has 0 aliphatic carbocycles. The quantitative estimate of drug-likeness (QED) is 0.0788. The molecule has 0 amide bonds. The first kappa shape index (κ1) is 28.7. The molecule has 0 aromatic heterocycles. The number of esters is 2. The molecule has 4 aromatic rings. The Hall–Kier alpha value is -4.30. The van der Waals surface area contributed by atoms with Crippen molar-refractivity contribution < 1.29 is 28.3 Å². The van der Waals surface area contributed by atoms with Crippen LogP contribution in [0, 0.1) is 0 Å². The lowest BCUT2D eigenvalue weighted by Gasteiger charge is -2.24. The highest BCUT2D eigenvalue weighted by molar-refractivity contribution is 9.09. The highest BCUT2D eigenvalue weighted by Gasteiger charge is 2.33. The third-order valence-electron chi connectivity index (χ3n) is 6.05. The maximum Gasteiger partial charge on any atom is 0.338 e. The van der Waals surface area contributed by atoms with Crippen molar-refractivity contribution in [2.24, 2.45) is 5.16 Å². The summed E-state index contributed by atoms with van der Waals surface area (Å²) in [4.78, 5) is 29.3. The second kappa shape index (κ2) is 14.2. The summed E-state index contributed by atoms with van der Waals surface area (Å²) < 4.78 is 26.0. The Balaban J connectivity index is 1.40. The van der Waals surface area contributed by atoms with Crippen molar-refractivity contribution in [3.05, 3.63) is 120 Å². The van der Waals surface area contributed by atoms with E-state index < -0.39 is 29.0 Å². The molecule has 0 radical (unpaired) electrons. The van der Waals surface area contributed by atoms with Gasteiger partial charge in [0.1, 0.15) is 13.7 Å². The molecule has 6 nitrogen and oxygen atoms in total. The summed E-state index contributed by atoms with van der Waals surface area (Å²) in [5, 5.41) is 3.46. The fraction of sp³-hybridized carbons (Fsp3) is 0.156. The van der Waals surface area contributed by atoms with Crippen LogP contribution in [0.5, 0.6) is 0 Å². The molecule has 0 N–H and O–H groups in total. The van der Waals surface area contributed by atoms with Crippen LogP contribution in [0.15, 0.2) is 114 Å². The van der Waals surface area contributed by atoms with Crippen LogP contribution in [0.1, 0.15) is 20.7 Å². The van der Waals surface area contributed by atoms with Crippen LogP contribution in [0.4, 0.5) is 4.39 Å². The Kier molecular flexibility index (Phi) is 10.2. The minimum absolute atomic E-state index is 0.246. The number of hydrogen-bond acceptors (Lipinski definition) is 6. The summed E-state index contributed by atoms with van der Waals surface area (Å²) in [6.45, 7) is -0.259. The summed E-state index contributed by atoms with van der Waals surface area (Å²) in [6, 6.07) is 33.2. The number of benzene rings is 4. The van der Waals surface area contributed by atoms with E-state index in [4.69, 9.17) is 9.47 Å². The number of rotatable bonds is 11. The predicted molar refractivity (Wildman–Crippen MR) is 156 cm³/mol. The zero-order valence-corrected chi connectivity index (χ0v) is 23.2. The van der Waals surface area contributed by atoms with Crippen molar-refractivity contribution in [2.45, 2.75) is 17.1 Å². The molecule has 0 unspecified atom stereocenters. The van der Waals surface area contributed by atoms with Crippen LogP contribution < -0.4 is 0 Å². The fourth-order valence-corrected chi connectivity index (χ4v) is 4.46. The SMILES string of the molecule is CO/N=C\[C@@H](F)[C@H](OC(=O)c1ccc(-c2ccccc2)cc1)[C@@H](Br)COC(=O)c1ccc(-c2ccccc2)cc1. The number of alkyl halides is 2. The fourth-order valence-electron chi connectivity index (χ4n) is 3.93. The van der Waals surface area contributed by atoms with Crippen molar-refractivity contribution in [1.82, 2.24) is 0 Å². The van der Waals surface area contributed by atoms with E-state index in [0.29, 0.717) is 5.56 Å². The minimum atomic E-state index is -1.83. The zero-order chi connectivity index (χ0) is 28.3. The topological polar surface area (TPSA) is 74.2 Å². The number of oxime groups is 1. The van der Waals surface area contributed by atoms with Crippen molar-refractivity contribution in [2.75, 3.05) is 13.7 Å². The zero-order valence-electron chi connectivity index (χ0n) is 21.7. The van der Waals surface area contributed by atoms with Crippen molar-refractivity contribution in [3.8, 4) is 22.3 Å². The molecule has 8 heteroatoms. The summed E-state index contributed by atoms with van der Waals surface area (Å²) in [5.41, 5.74) is 4.48. The standard InChI is InChI=1S/C32H27BrFNO5/c1-38-35-20-29(34)30(40-32(37)27-18-14-25(15-19-27)23-10-6-3-7-11-23)28(33)21-39-31(36)26-16-12-24(13-17-26)22-8-4-2-5-9-22/h2-20,28-30H,21H2,1H3/b35-20-/t28-,29+,30+/m0/s1. The molecule has 204 valence electrons. The van der Waals surface area contributed by atoms with Crippen LogP contribution in [0.2, 0.25) is 0 Å². The summed E-state index contributed by atoms with van der Waals surface area (Å²) in [6.07, 6.45) is -2.30. The van der Waals surface area contributed by atoms with Gasteiger partial charge in [0.05, 0.1) is 22.2 Å². The molecule has 0 saturated heterocycles. The Morgan fingerprint density at radius 1 is 0.750 bits per heavy atom. The lowest BCUT2D eigenvalue weighted by atomic mass is 10.0. The van der Waals surface area contributed by atoms with Crippen LogP contribution >= 0.6 is 15.9 Å². The van der Waals surface area contributed by atoms with E-state index in [9.17, 15) is 9.59 Å².